The first-order valence-corrected chi connectivity index (χ1v) is 7.81. The summed E-state index contributed by atoms with van der Waals surface area (Å²) in [5.74, 6) is 0.277. The lowest BCUT2D eigenvalue weighted by atomic mass is 10.1. The molecule has 0 spiro atoms. The first-order chi connectivity index (χ1) is 11.9. The highest BCUT2D eigenvalue weighted by Gasteiger charge is 2.15. The number of pyridine rings is 1. The van der Waals surface area contributed by atoms with Gasteiger partial charge in [-0.1, -0.05) is 12.1 Å². The van der Waals surface area contributed by atoms with Crippen LogP contribution in [0.4, 0.5) is 5.69 Å². The van der Waals surface area contributed by atoms with Crippen LogP contribution in [0.2, 0.25) is 0 Å². The predicted octanol–water partition coefficient (Wildman–Crippen LogP) is 2.05. The Hall–Kier alpha value is -3.22. The first-order valence-electron chi connectivity index (χ1n) is 7.81. The number of rotatable bonds is 3. The maximum atomic E-state index is 12.6. The van der Waals surface area contributed by atoms with Gasteiger partial charge in [0.2, 0.25) is 0 Å². The normalized spacial score (nSPS) is 10.7. The van der Waals surface area contributed by atoms with Gasteiger partial charge >= 0.3 is 0 Å². The van der Waals surface area contributed by atoms with E-state index in [0.29, 0.717) is 11.5 Å². The molecule has 2 aromatic heterocycles. The minimum atomic E-state index is -0.432. The second kappa shape index (κ2) is 6.35. The molecule has 3 aromatic rings. The summed E-state index contributed by atoms with van der Waals surface area (Å²) in [6, 6.07) is 7.00. The summed E-state index contributed by atoms with van der Waals surface area (Å²) in [4.78, 5) is 24.7. The second-order valence-electron chi connectivity index (χ2n) is 6.00. The Labute approximate surface area is 144 Å². The summed E-state index contributed by atoms with van der Waals surface area (Å²) in [5.41, 5.74) is 2.97. The molecule has 0 fully saturated rings. The van der Waals surface area contributed by atoms with Crippen molar-refractivity contribution in [2.75, 3.05) is 5.32 Å². The second-order valence-corrected chi connectivity index (χ2v) is 6.00. The Balaban J connectivity index is 1.97. The summed E-state index contributed by atoms with van der Waals surface area (Å²) in [5, 5.41) is 10.8. The summed E-state index contributed by atoms with van der Waals surface area (Å²) in [6.45, 7) is 3.71. The third-order valence-electron chi connectivity index (χ3n) is 4.26. The topological polar surface area (TPSA) is 81.8 Å². The van der Waals surface area contributed by atoms with Gasteiger partial charge in [-0.15, -0.1) is 10.2 Å². The van der Waals surface area contributed by atoms with E-state index in [2.05, 4.69) is 15.5 Å². The van der Waals surface area contributed by atoms with E-state index < -0.39 is 5.91 Å². The molecule has 1 aromatic carbocycles. The number of aromatic nitrogens is 4. The molecule has 128 valence electrons. The van der Waals surface area contributed by atoms with Crippen LogP contribution in [-0.4, -0.2) is 25.2 Å². The number of nitrogens with zero attached hydrogens (tertiary/aromatic N) is 4. The molecule has 7 nitrogen and oxygen atoms in total. The lowest BCUT2D eigenvalue weighted by Crippen LogP contribution is -2.23. The van der Waals surface area contributed by atoms with Gasteiger partial charge in [0, 0.05) is 43.3 Å². The average molecular weight is 337 g/mol. The quantitative estimate of drug-likeness (QED) is 0.793. The minimum absolute atomic E-state index is 0.108. The van der Waals surface area contributed by atoms with Gasteiger partial charge in [-0.3, -0.25) is 9.59 Å². The number of hydrogen-bond donors (Lipinski definition) is 1. The Kier molecular flexibility index (Phi) is 4.22. The average Bonchev–Trinajstić information content (AvgIpc) is 2.98. The van der Waals surface area contributed by atoms with E-state index in [1.807, 2.05) is 37.6 Å². The Morgan fingerprint density at radius 3 is 2.60 bits per heavy atom. The predicted molar refractivity (Wildman–Crippen MR) is 95.5 cm³/mol. The van der Waals surface area contributed by atoms with Gasteiger partial charge in [0.1, 0.15) is 11.9 Å². The van der Waals surface area contributed by atoms with Crippen molar-refractivity contribution in [3.05, 3.63) is 63.8 Å². The monoisotopic (exact) mass is 337 g/mol. The molecule has 0 radical (unpaired) electrons. The minimum Gasteiger partial charge on any atom is -0.354 e. The van der Waals surface area contributed by atoms with Gasteiger partial charge in [0.25, 0.3) is 5.91 Å². The zero-order valence-corrected chi connectivity index (χ0v) is 14.6. The standard InChI is InChI=1S/C18H19N5O2/c1-11-8-16(24)14(9-22(11)3)18(25)20-15-7-5-6-13(12(15)2)17-21-19-10-23(17)4/h5-10H,1-4H3,(H,20,25). The lowest BCUT2D eigenvalue weighted by Gasteiger charge is -2.13. The smallest absolute Gasteiger partial charge is 0.261 e. The molecule has 1 amide bonds. The van der Waals surface area contributed by atoms with Crippen LogP contribution in [-0.2, 0) is 14.1 Å². The molecule has 2 heterocycles. The van der Waals surface area contributed by atoms with Gasteiger partial charge in [-0.2, -0.15) is 0 Å². The van der Waals surface area contributed by atoms with Crippen LogP contribution in [0.1, 0.15) is 21.6 Å². The molecule has 25 heavy (non-hydrogen) atoms. The van der Waals surface area contributed by atoms with Crippen molar-refractivity contribution in [2.45, 2.75) is 13.8 Å². The molecule has 0 aliphatic heterocycles. The van der Waals surface area contributed by atoms with Crippen molar-refractivity contribution in [1.82, 2.24) is 19.3 Å². The van der Waals surface area contributed by atoms with Crippen molar-refractivity contribution in [1.29, 1.82) is 0 Å². The highest BCUT2D eigenvalue weighted by atomic mass is 16.2. The zero-order valence-electron chi connectivity index (χ0n) is 14.6. The third-order valence-corrected chi connectivity index (χ3v) is 4.26. The molecular formula is C18H19N5O2. The van der Waals surface area contributed by atoms with Crippen molar-refractivity contribution >= 4 is 11.6 Å². The van der Waals surface area contributed by atoms with E-state index in [1.165, 1.54) is 6.07 Å². The highest BCUT2D eigenvalue weighted by Crippen LogP contribution is 2.26. The lowest BCUT2D eigenvalue weighted by molar-refractivity contribution is 0.102. The number of benzene rings is 1. The molecule has 0 saturated carbocycles. The fraction of sp³-hybridized carbons (Fsp3) is 0.222. The van der Waals surface area contributed by atoms with Crippen LogP contribution in [0.15, 0.2) is 41.6 Å². The summed E-state index contributed by atoms with van der Waals surface area (Å²) < 4.78 is 3.56. The van der Waals surface area contributed by atoms with E-state index in [-0.39, 0.29) is 11.0 Å². The largest absolute Gasteiger partial charge is 0.354 e. The van der Waals surface area contributed by atoms with E-state index in [0.717, 1.165) is 16.8 Å². The zero-order chi connectivity index (χ0) is 18.1. The summed E-state index contributed by atoms with van der Waals surface area (Å²) in [6.07, 6.45) is 3.17. The van der Waals surface area contributed by atoms with Crippen molar-refractivity contribution in [3.63, 3.8) is 0 Å². The molecular weight excluding hydrogens is 318 g/mol. The highest BCUT2D eigenvalue weighted by molar-refractivity contribution is 6.04. The molecule has 0 atom stereocenters. The Morgan fingerprint density at radius 1 is 1.16 bits per heavy atom. The SMILES string of the molecule is Cc1c(NC(=O)c2cn(C)c(C)cc2=O)cccc1-c1nncn1C. The van der Waals surface area contributed by atoms with Crippen LogP contribution in [0.5, 0.6) is 0 Å². The number of nitrogens with one attached hydrogen (secondary N) is 1. The Bertz CT molecular complexity index is 1020. The number of carbonyl (C=O) groups excluding carboxylic acids is 1. The van der Waals surface area contributed by atoms with Gasteiger partial charge in [0.15, 0.2) is 11.3 Å². The van der Waals surface area contributed by atoms with Crippen molar-refractivity contribution in [3.8, 4) is 11.4 Å². The summed E-state index contributed by atoms with van der Waals surface area (Å²) in [7, 11) is 3.65. The number of anilines is 1. The first kappa shape index (κ1) is 16.6. The van der Waals surface area contributed by atoms with Crippen LogP contribution in [0.3, 0.4) is 0 Å². The fourth-order valence-electron chi connectivity index (χ4n) is 2.63. The third kappa shape index (κ3) is 3.08. The Morgan fingerprint density at radius 2 is 1.92 bits per heavy atom. The molecule has 1 N–H and O–H groups in total. The molecule has 0 bridgehead atoms. The van der Waals surface area contributed by atoms with Crippen molar-refractivity contribution in [2.24, 2.45) is 14.1 Å². The van der Waals surface area contributed by atoms with Gasteiger partial charge in [-0.05, 0) is 25.5 Å². The van der Waals surface area contributed by atoms with E-state index in [1.54, 1.807) is 30.2 Å². The van der Waals surface area contributed by atoms with Crippen LogP contribution >= 0.6 is 0 Å². The maximum absolute atomic E-state index is 12.6. The molecule has 0 aliphatic carbocycles. The van der Waals surface area contributed by atoms with Crippen molar-refractivity contribution < 1.29 is 4.79 Å². The van der Waals surface area contributed by atoms with E-state index in [9.17, 15) is 9.59 Å². The van der Waals surface area contributed by atoms with Crippen LogP contribution in [0, 0.1) is 13.8 Å². The van der Waals surface area contributed by atoms with Gasteiger partial charge in [0.05, 0.1) is 0 Å². The van der Waals surface area contributed by atoms with Crippen LogP contribution in [0.25, 0.3) is 11.4 Å². The number of aryl methyl sites for hydroxylation is 3. The number of carbonyl (C=O) groups is 1. The molecule has 0 aliphatic rings. The molecule has 0 saturated heterocycles. The fourth-order valence-corrected chi connectivity index (χ4v) is 2.63. The number of amides is 1. The van der Waals surface area contributed by atoms with Gasteiger partial charge < -0.3 is 14.5 Å². The van der Waals surface area contributed by atoms with Crippen LogP contribution < -0.4 is 10.7 Å². The molecule has 7 heteroatoms. The molecule has 3 rings (SSSR count). The number of hydrogen-bond acceptors (Lipinski definition) is 4. The maximum Gasteiger partial charge on any atom is 0.261 e. The summed E-state index contributed by atoms with van der Waals surface area (Å²) >= 11 is 0. The van der Waals surface area contributed by atoms with Gasteiger partial charge in [-0.25, -0.2) is 0 Å². The van der Waals surface area contributed by atoms with E-state index in [4.69, 9.17) is 0 Å². The molecule has 0 unspecified atom stereocenters. The van der Waals surface area contributed by atoms with E-state index >= 15 is 0 Å².